The highest BCUT2D eigenvalue weighted by Crippen LogP contribution is 2.36. The zero-order valence-electron chi connectivity index (χ0n) is 19.0. The number of hydrogen-bond acceptors (Lipinski definition) is 3. The summed E-state index contributed by atoms with van der Waals surface area (Å²) in [7, 11) is 0. The van der Waals surface area contributed by atoms with Crippen molar-refractivity contribution < 1.29 is 8.22 Å². The molecule has 24 heavy (non-hydrogen) atoms. The molecule has 0 radical (unpaired) electrons. The van der Waals surface area contributed by atoms with Gasteiger partial charge in [0.25, 0.3) is 0 Å². The molecule has 0 aliphatic rings. The molecule has 0 N–H and O–H groups in total. The molecule has 2 nitrogen and oxygen atoms in total. The minimum Gasteiger partial charge on any atom is -0.256 e. The zero-order chi connectivity index (χ0) is 21.7. The Labute approximate surface area is 154 Å². The van der Waals surface area contributed by atoms with E-state index in [9.17, 15) is 0 Å². The van der Waals surface area contributed by atoms with Crippen LogP contribution in [0.1, 0.15) is 24.4 Å². The number of fused-ring (bicyclic) bond motifs is 1. The van der Waals surface area contributed by atoms with Crippen molar-refractivity contribution in [2.75, 3.05) is 0 Å². The predicted molar refractivity (Wildman–Crippen MR) is 102 cm³/mol. The molecule has 0 bridgehead atoms. The van der Waals surface area contributed by atoms with Gasteiger partial charge in [0.2, 0.25) is 0 Å². The van der Waals surface area contributed by atoms with Crippen molar-refractivity contribution in [1.29, 1.82) is 0 Å². The average Bonchev–Trinajstić information content (AvgIpc) is 3.06. The molecule has 118 valence electrons. The van der Waals surface area contributed by atoms with Crippen LogP contribution < -0.4 is 0 Å². The van der Waals surface area contributed by atoms with Gasteiger partial charge in [0.15, 0.2) is 0 Å². The van der Waals surface area contributed by atoms with Gasteiger partial charge >= 0.3 is 0 Å². The Morgan fingerprint density at radius 1 is 1.00 bits per heavy atom. The molecule has 2 heterocycles. The minimum absolute atomic E-state index is 0.162. The van der Waals surface area contributed by atoms with Crippen LogP contribution in [0.4, 0.5) is 0 Å². The highest BCUT2D eigenvalue weighted by Gasteiger charge is 2.11. The molecule has 0 spiro atoms. The summed E-state index contributed by atoms with van der Waals surface area (Å²) in [6.07, 6.45) is 1.34. The number of aryl methyl sites for hydroxylation is 3. The van der Waals surface area contributed by atoms with E-state index in [-0.39, 0.29) is 11.1 Å². The third kappa shape index (κ3) is 2.61. The Morgan fingerprint density at radius 3 is 2.75 bits per heavy atom. The number of aromatic nitrogens is 2. The molecule has 0 saturated carbocycles. The van der Waals surface area contributed by atoms with E-state index in [1.165, 1.54) is 23.6 Å². The standard InChI is InChI=1S/C21H18N2S/c1-13-7-10-19(22-12-13)16-9-8-14(2)18(11-16)17-5-4-6-20-21(17)24-15(3)23-20/h4-12H,1-3H3/i1D3,2D3. The van der Waals surface area contributed by atoms with Crippen LogP contribution >= 0.6 is 11.3 Å². The fraction of sp³-hybridized carbons (Fsp3) is 0.143. The molecular formula is C21H18N2S. The SMILES string of the molecule is [2H]C([2H])([2H])c1ccc(-c2ccc(C([2H])([2H])[2H])c(-c3cccc4nc(C)sc34)c2)nc1. The molecule has 2 aromatic carbocycles. The van der Waals surface area contributed by atoms with Gasteiger partial charge in [-0.1, -0.05) is 30.3 Å². The van der Waals surface area contributed by atoms with Gasteiger partial charge in [-0.2, -0.15) is 0 Å². The van der Waals surface area contributed by atoms with Gasteiger partial charge in [0.1, 0.15) is 0 Å². The topological polar surface area (TPSA) is 25.8 Å². The first-order valence-electron chi connectivity index (χ1n) is 10.5. The first-order valence-corrected chi connectivity index (χ1v) is 8.34. The summed E-state index contributed by atoms with van der Waals surface area (Å²) in [6.45, 7) is -2.58. The van der Waals surface area contributed by atoms with Crippen LogP contribution in [0.25, 0.3) is 32.6 Å². The van der Waals surface area contributed by atoms with Crippen molar-refractivity contribution in [2.24, 2.45) is 0 Å². The zero-order valence-corrected chi connectivity index (χ0v) is 13.8. The fourth-order valence-electron chi connectivity index (χ4n) is 2.76. The van der Waals surface area contributed by atoms with Crippen LogP contribution in [0.3, 0.4) is 0 Å². The van der Waals surface area contributed by atoms with Gasteiger partial charge in [-0.3, -0.25) is 4.98 Å². The normalized spacial score (nSPS) is 15.9. The third-order valence-corrected chi connectivity index (χ3v) is 4.91. The molecule has 0 amide bonds. The molecule has 0 fully saturated rings. The van der Waals surface area contributed by atoms with E-state index >= 15 is 0 Å². The van der Waals surface area contributed by atoms with Crippen LogP contribution in [-0.4, -0.2) is 9.97 Å². The Balaban J connectivity index is 1.91. The van der Waals surface area contributed by atoms with Gasteiger partial charge in [0, 0.05) is 25.5 Å². The summed E-state index contributed by atoms with van der Waals surface area (Å²) in [5, 5.41) is 0.908. The molecule has 4 rings (SSSR count). The van der Waals surface area contributed by atoms with Crippen LogP contribution in [0.5, 0.6) is 0 Å². The van der Waals surface area contributed by atoms with E-state index in [1.807, 2.05) is 31.2 Å². The minimum atomic E-state index is -2.28. The fourth-order valence-corrected chi connectivity index (χ4v) is 3.71. The first-order chi connectivity index (χ1) is 14.0. The Bertz CT molecular complexity index is 1220. The van der Waals surface area contributed by atoms with E-state index in [2.05, 4.69) is 9.97 Å². The van der Waals surface area contributed by atoms with Gasteiger partial charge in [-0.15, -0.1) is 11.3 Å². The molecule has 0 unspecified atom stereocenters. The Morgan fingerprint density at radius 2 is 1.96 bits per heavy atom. The number of pyridine rings is 1. The van der Waals surface area contributed by atoms with Crippen molar-refractivity contribution in [3.05, 3.63) is 70.9 Å². The number of hydrogen-bond donors (Lipinski definition) is 0. The Hall–Kier alpha value is -2.52. The summed E-state index contributed by atoms with van der Waals surface area (Å²) in [5.74, 6) is 0. The van der Waals surface area contributed by atoms with Crippen LogP contribution in [0.2, 0.25) is 0 Å². The lowest BCUT2D eigenvalue weighted by atomic mass is 9.96. The van der Waals surface area contributed by atoms with E-state index in [0.717, 1.165) is 20.8 Å². The van der Waals surface area contributed by atoms with E-state index in [4.69, 9.17) is 8.22 Å². The van der Waals surface area contributed by atoms with Crippen molar-refractivity contribution in [1.82, 2.24) is 9.97 Å². The maximum absolute atomic E-state index is 7.99. The molecule has 0 atom stereocenters. The predicted octanol–water partition coefficient (Wildman–Crippen LogP) is 5.95. The van der Waals surface area contributed by atoms with E-state index in [1.54, 1.807) is 18.2 Å². The summed E-state index contributed by atoms with van der Waals surface area (Å²) >= 11 is 1.53. The van der Waals surface area contributed by atoms with Crippen molar-refractivity contribution >= 4 is 21.6 Å². The molecule has 0 aliphatic carbocycles. The highest BCUT2D eigenvalue weighted by molar-refractivity contribution is 7.19. The molecule has 2 aromatic heterocycles. The molecular weight excluding hydrogens is 312 g/mol. The van der Waals surface area contributed by atoms with Gasteiger partial charge in [-0.05, 0) is 55.5 Å². The number of rotatable bonds is 2. The average molecular weight is 336 g/mol. The molecule has 0 saturated heterocycles. The molecule has 4 aromatic rings. The monoisotopic (exact) mass is 336 g/mol. The van der Waals surface area contributed by atoms with Gasteiger partial charge in [-0.25, -0.2) is 4.98 Å². The first kappa shape index (κ1) is 9.70. The van der Waals surface area contributed by atoms with Crippen LogP contribution in [0, 0.1) is 20.6 Å². The van der Waals surface area contributed by atoms with Gasteiger partial charge in [0.05, 0.1) is 20.9 Å². The van der Waals surface area contributed by atoms with Crippen LogP contribution in [0.15, 0.2) is 54.7 Å². The van der Waals surface area contributed by atoms with Crippen LogP contribution in [-0.2, 0) is 0 Å². The second kappa shape index (κ2) is 5.84. The summed E-state index contributed by atoms with van der Waals surface area (Å²) in [6, 6.07) is 14.0. The van der Waals surface area contributed by atoms with Crippen molar-refractivity contribution in [3.8, 4) is 22.4 Å². The maximum atomic E-state index is 7.99. The third-order valence-electron chi connectivity index (χ3n) is 3.89. The van der Waals surface area contributed by atoms with Gasteiger partial charge < -0.3 is 0 Å². The summed E-state index contributed by atoms with van der Waals surface area (Å²) in [4.78, 5) is 8.81. The molecule has 3 heteroatoms. The second-order valence-electron chi connectivity index (χ2n) is 5.58. The summed E-state index contributed by atoms with van der Waals surface area (Å²) < 4.78 is 47.4. The second-order valence-corrected chi connectivity index (χ2v) is 6.78. The molecule has 0 aliphatic heterocycles. The number of nitrogens with zero attached hydrogens (tertiary/aromatic N) is 2. The highest BCUT2D eigenvalue weighted by atomic mass is 32.1. The van der Waals surface area contributed by atoms with Crippen molar-refractivity contribution in [2.45, 2.75) is 20.6 Å². The van der Waals surface area contributed by atoms with E-state index < -0.39 is 13.7 Å². The number of benzene rings is 2. The lowest BCUT2D eigenvalue weighted by molar-refractivity contribution is 1.27. The number of thiazole rings is 1. The quantitative estimate of drug-likeness (QED) is 0.452. The lowest BCUT2D eigenvalue weighted by Gasteiger charge is -2.10. The largest absolute Gasteiger partial charge is 0.256 e. The lowest BCUT2D eigenvalue weighted by Crippen LogP contribution is -1.88. The van der Waals surface area contributed by atoms with Crippen molar-refractivity contribution in [3.63, 3.8) is 0 Å². The Kier molecular flexibility index (Phi) is 2.36. The smallest absolute Gasteiger partial charge is 0.0907 e. The summed E-state index contributed by atoms with van der Waals surface area (Å²) in [5.41, 5.74) is 3.95. The van der Waals surface area contributed by atoms with E-state index in [0.29, 0.717) is 16.8 Å². The maximum Gasteiger partial charge on any atom is 0.0907 e.